The van der Waals surface area contributed by atoms with Crippen molar-refractivity contribution in [2.45, 2.75) is 26.9 Å². The number of benzene rings is 1. The summed E-state index contributed by atoms with van der Waals surface area (Å²) in [6.45, 7) is 5.64. The van der Waals surface area contributed by atoms with Gasteiger partial charge in [-0.25, -0.2) is 0 Å². The quantitative estimate of drug-likeness (QED) is 0.860. The van der Waals surface area contributed by atoms with Gasteiger partial charge in [-0.2, -0.15) is 5.26 Å². The van der Waals surface area contributed by atoms with Crippen molar-refractivity contribution in [2.24, 2.45) is 5.92 Å². The van der Waals surface area contributed by atoms with Crippen molar-refractivity contribution in [3.8, 4) is 6.07 Å². The predicted octanol–water partition coefficient (Wildman–Crippen LogP) is 3.21. The third kappa shape index (κ3) is 3.90. The average molecular weight is 267 g/mol. The Morgan fingerprint density at radius 3 is 2.72 bits per heavy atom. The second-order valence-corrected chi connectivity index (χ2v) is 5.06. The summed E-state index contributed by atoms with van der Waals surface area (Å²) in [6, 6.07) is 7.66. The molecule has 4 heteroatoms. The van der Waals surface area contributed by atoms with Gasteiger partial charge in [0.25, 0.3) is 0 Å². The average Bonchev–Trinajstić information content (AvgIpc) is 2.34. The standard InChI is InChI=1S/C14H19ClN2O/c1-11(2)9-17(8-4-7-16)14-12(10-18)5-3-6-13(14)15/h3,5-6,11,18H,4,8-10H2,1-2H3. The van der Waals surface area contributed by atoms with Crippen LogP contribution in [-0.2, 0) is 6.61 Å². The second-order valence-electron chi connectivity index (χ2n) is 4.65. The van der Waals surface area contributed by atoms with E-state index in [9.17, 15) is 5.11 Å². The Morgan fingerprint density at radius 1 is 1.44 bits per heavy atom. The lowest BCUT2D eigenvalue weighted by molar-refractivity contribution is 0.282. The zero-order valence-electron chi connectivity index (χ0n) is 10.9. The van der Waals surface area contributed by atoms with Crippen LogP contribution >= 0.6 is 11.6 Å². The first kappa shape index (κ1) is 14.8. The van der Waals surface area contributed by atoms with Gasteiger partial charge in [-0.15, -0.1) is 0 Å². The molecule has 1 N–H and O–H groups in total. The topological polar surface area (TPSA) is 47.3 Å². The number of hydrogen-bond acceptors (Lipinski definition) is 3. The van der Waals surface area contributed by atoms with Gasteiger partial charge in [0.1, 0.15) is 0 Å². The summed E-state index contributed by atoms with van der Waals surface area (Å²) in [4.78, 5) is 2.09. The van der Waals surface area contributed by atoms with Crippen LogP contribution in [0.15, 0.2) is 18.2 Å². The molecule has 3 nitrogen and oxygen atoms in total. The molecule has 0 atom stereocenters. The van der Waals surface area contributed by atoms with E-state index in [1.165, 1.54) is 0 Å². The lowest BCUT2D eigenvalue weighted by Gasteiger charge is -2.28. The zero-order chi connectivity index (χ0) is 13.5. The minimum atomic E-state index is -0.0446. The number of halogens is 1. The summed E-state index contributed by atoms with van der Waals surface area (Å²) in [5.74, 6) is 0.464. The van der Waals surface area contributed by atoms with Crippen LogP contribution in [-0.4, -0.2) is 18.2 Å². The summed E-state index contributed by atoms with van der Waals surface area (Å²) in [5.41, 5.74) is 1.66. The lowest BCUT2D eigenvalue weighted by Crippen LogP contribution is -2.29. The van der Waals surface area contributed by atoms with E-state index < -0.39 is 0 Å². The third-order valence-electron chi connectivity index (χ3n) is 2.64. The largest absolute Gasteiger partial charge is 0.392 e. The van der Waals surface area contributed by atoms with Gasteiger partial charge in [-0.3, -0.25) is 0 Å². The molecule has 0 aliphatic rings. The van der Waals surface area contributed by atoms with E-state index in [-0.39, 0.29) is 6.61 Å². The fourth-order valence-corrected chi connectivity index (χ4v) is 2.28. The Hall–Kier alpha value is -1.24. The lowest BCUT2D eigenvalue weighted by atomic mass is 10.1. The first-order chi connectivity index (χ1) is 8.60. The minimum Gasteiger partial charge on any atom is -0.392 e. The summed E-state index contributed by atoms with van der Waals surface area (Å²) in [7, 11) is 0. The van der Waals surface area contributed by atoms with Crippen molar-refractivity contribution >= 4 is 17.3 Å². The van der Waals surface area contributed by atoms with Gasteiger partial charge < -0.3 is 10.0 Å². The maximum atomic E-state index is 9.40. The highest BCUT2D eigenvalue weighted by Gasteiger charge is 2.15. The van der Waals surface area contributed by atoms with E-state index in [0.717, 1.165) is 17.8 Å². The number of rotatable bonds is 6. The molecule has 0 fully saturated rings. The van der Waals surface area contributed by atoms with Crippen LogP contribution in [0.4, 0.5) is 5.69 Å². The van der Waals surface area contributed by atoms with Crippen LogP contribution in [0.25, 0.3) is 0 Å². The number of aliphatic hydroxyl groups excluding tert-OH is 1. The van der Waals surface area contributed by atoms with Crippen LogP contribution in [0.5, 0.6) is 0 Å². The molecule has 0 heterocycles. The summed E-state index contributed by atoms with van der Waals surface area (Å²) in [5, 5.41) is 18.8. The number of para-hydroxylation sites is 1. The molecule has 1 aromatic rings. The van der Waals surface area contributed by atoms with Gasteiger partial charge in [-0.1, -0.05) is 37.6 Å². The molecule has 0 radical (unpaired) electrons. The van der Waals surface area contributed by atoms with E-state index in [0.29, 0.717) is 23.9 Å². The molecule has 0 aliphatic carbocycles. The predicted molar refractivity (Wildman–Crippen MR) is 74.7 cm³/mol. The maximum Gasteiger partial charge on any atom is 0.0702 e. The smallest absolute Gasteiger partial charge is 0.0702 e. The molecular formula is C14H19ClN2O. The van der Waals surface area contributed by atoms with Crippen molar-refractivity contribution < 1.29 is 5.11 Å². The van der Waals surface area contributed by atoms with Crippen LogP contribution in [0.3, 0.4) is 0 Å². The molecule has 18 heavy (non-hydrogen) atoms. The summed E-state index contributed by atoms with van der Waals surface area (Å²) < 4.78 is 0. The van der Waals surface area contributed by atoms with Gasteiger partial charge in [0.15, 0.2) is 0 Å². The number of nitriles is 1. The highest BCUT2D eigenvalue weighted by atomic mass is 35.5. The Labute approximate surface area is 114 Å². The van der Waals surface area contributed by atoms with Gasteiger partial charge in [0.2, 0.25) is 0 Å². The third-order valence-corrected chi connectivity index (χ3v) is 2.94. The SMILES string of the molecule is CC(C)CN(CCC#N)c1c(Cl)cccc1CO. The molecule has 0 bridgehead atoms. The zero-order valence-corrected chi connectivity index (χ0v) is 11.6. The van der Waals surface area contributed by atoms with E-state index in [1.54, 1.807) is 0 Å². The Bertz CT molecular complexity index is 426. The molecule has 1 aromatic carbocycles. The van der Waals surface area contributed by atoms with Crippen molar-refractivity contribution in [2.75, 3.05) is 18.0 Å². The molecule has 0 aliphatic heterocycles. The molecular weight excluding hydrogens is 248 g/mol. The fourth-order valence-electron chi connectivity index (χ4n) is 1.96. The Kier molecular flexibility index (Phi) is 5.97. The van der Waals surface area contributed by atoms with Crippen LogP contribution in [0, 0.1) is 17.2 Å². The van der Waals surface area contributed by atoms with E-state index in [2.05, 4.69) is 24.8 Å². The molecule has 0 unspecified atom stereocenters. The Morgan fingerprint density at radius 2 is 2.17 bits per heavy atom. The van der Waals surface area contributed by atoms with Gasteiger partial charge in [0, 0.05) is 18.7 Å². The summed E-state index contributed by atoms with van der Waals surface area (Å²) in [6.07, 6.45) is 0.447. The molecule has 1 rings (SSSR count). The van der Waals surface area contributed by atoms with Crippen molar-refractivity contribution in [1.29, 1.82) is 5.26 Å². The Balaban J connectivity index is 3.07. The van der Waals surface area contributed by atoms with Crippen molar-refractivity contribution in [1.82, 2.24) is 0 Å². The van der Waals surface area contributed by atoms with Gasteiger partial charge in [0.05, 0.1) is 29.8 Å². The molecule has 98 valence electrons. The molecule has 0 saturated carbocycles. The monoisotopic (exact) mass is 266 g/mol. The minimum absolute atomic E-state index is 0.0446. The fraction of sp³-hybridized carbons (Fsp3) is 0.500. The first-order valence-corrected chi connectivity index (χ1v) is 6.48. The van der Waals surface area contributed by atoms with E-state index >= 15 is 0 Å². The van der Waals surface area contributed by atoms with Crippen LogP contribution in [0.2, 0.25) is 5.02 Å². The van der Waals surface area contributed by atoms with Crippen molar-refractivity contribution in [3.05, 3.63) is 28.8 Å². The van der Waals surface area contributed by atoms with Gasteiger partial charge >= 0.3 is 0 Å². The molecule has 0 spiro atoms. The number of hydrogen-bond donors (Lipinski definition) is 1. The normalized spacial score (nSPS) is 10.4. The molecule has 0 saturated heterocycles. The highest BCUT2D eigenvalue weighted by Crippen LogP contribution is 2.30. The maximum absolute atomic E-state index is 9.40. The first-order valence-electron chi connectivity index (χ1n) is 6.10. The highest BCUT2D eigenvalue weighted by molar-refractivity contribution is 6.33. The van der Waals surface area contributed by atoms with Crippen molar-refractivity contribution in [3.63, 3.8) is 0 Å². The number of aliphatic hydroxyl groups is 1. The number of anilines is 1. The number of nitrogens with zero attached hydrogens (tertiary/aromatic N) is 2. The molecule has 0 amide bonds. The van der Waals surface area contributed by atoms with Crippen LogP contribution < -0.4 is 4.90 Å². The second kappa shape index (κ2) is 7.25. The van der Waals surface area contributed by atoms with E-state index in [4.69, 9.17) is 16.9 Å². The molecule has 0 aromatic heterocycles. The summed E-state index contributed by atoms with van der Waals surface area (Å²) >= 11 is 6.23. The van der Waals surface area contributed by atoms with Gasteiger partial charge in [-0.05, 0) is 12.0 Å². The van der Waals surface area contributed by atoms with Crippen LogP contribution in [0.1, 0.15) is 25.8 Å². The van der Waals surface area contributed by atoms with E-state index in [1.807, 2.05) is 18.2 Å².